The topological polar surface area (TPSA) is 77.6 Å². The van der Waals surface area contributed by atoms with Crippen LogP contribution in [0, 0.1) is 11.6 Å². The number of nitrogens with one attached hydrogen (secondary N) is 2. The zero-order chi connectivity index (χ0) is 23.9. The number of pyridine rings is 1. The summed E-state index contributed by atoms with van der Waals surface area (Å²) in [5.74, 6) is -2.45. The number of amides is 2. The van der Waals surface area contributed by atoms with Crippen molar-refractivity contribution in [2.75, 3.05) is 42.9 Å². The zero-order valence-corrected chi connectivity index (χ0v) is 18.5. The number of aromatic nitrogens is 1. The van der Waals surface area contributed by atoms with Crippen LogP contribution in [-0.2, 0) is 9.59 Å². The van der Waals surface area contributed by atoms with E-state index in [9.17, 15) is 18.4 Å². The minimum atomic E-state index is -0.875. The standard InChI is InChI=1S/C25H25F2N5O2/c26-19-6-3-7-20(15-19)30-25(34)24(33)29-17-23(18-5-4-10-28-16-18)32-13-11-31(12-14-32)22-9-2-1-8-21(22)27/h1-10,15-16,23H,11-14,17H2,(H,29,33)(H,30,34)/t23-/m1/s1. The van der Waals surface area contributed by atoms with Crippen LogP contribution in [0.25, 0.3) is 0 Å². The first-order valence-corrected chi connectivity index (χ1v) is 11.0. The minimum Gasteiger partial charge on any atom is -0.367 e. The molecule has 1 fully saturated rings. The first-order valence-electron chi connectivity index (χ1n) is 11.0. The molecule has 0 unspecified atom stereocenters. The Hall–Kier alpha value is -3.85. The molecule has 1 saturated heterocycles. The highest BCUT2D eigenvalue weighted by atomic mass is 19.1. The Morgan fingerprint density at radius 3 is 2.44 bits per heavy atom. The molecule has 1 aliphatic heterocycles. The molecule has 0 radical (unpaired) electrons. The van der Waals surface area contributed by atoms with Crippen molar-refractivity contribution in [1.29, 1.82) is 0 Å². The van der Waals surface area contributed by atoms with Gasteiger partial charge in [-0.25, -0.2) is 8.78 Å². The van der Waals surface area contributed by atoms with Gasteiger partial charge in [0, 0.05) is 50.8 Å². The Balaban J connectivity index is 1.39. The Morgan fingerprint density at radius 1 is 0.941 bits per heavy atom. The second kappa shape index (κ2) is 10.8. The maximum atomic E-state index is 14.2. The van der Waals surface area contributed by atoms with E-state index in [1.54, 1.807) is 24.5 Å². The van der Waals surface area contributed by atoms with E-state index in [1.807, 2.05) is 23.1 Å². The van der Waals surface area contributed by atoms with E-state index in [0.29, 0.717) is 31.9 Å². The summed E-state index contributed by atoms with van der Waals surface area (Å²) in [5, 5.41) is 5.07. The molecular weight excluding hydrogens is 440 g/mol. The maximum absolute atomic E-state index is 14.2. The first kappa shape index (κ1) is 23.3. The van der Waals surface area contributed by atoms with Crippen LogP contribution in [-0.4, -0.2) is 54.4 Å². The van der Waals surface area contributed by atoms with Crippen LogP contribution in [0.15, 0.2) is 73.1 Å². The molecule has 1 aliphatic rings. The van der Waals surface area contributed by atoms with Crippen molar-refractivity contribution in [2.45, 2.75) is 6.04 Å². The van der Waals surface area contributed by atoms with Gasteiger partial charge in [0.15, 0.2) is 0 Å². The van der Waals surface area contributed by atoms with Crippen molar-refractivity contribution >= 4 is 23.2 Å². The van der Waals surface area contributed by atoms with E-state index in [4.69, 9.17) is 0 Å². The highest BCUT2D eigenvalue weighted by Gasteiger charge is 2.27. The third-order valence-electron chi connectivity index (χ3n) is 5.76. The van der Waals surface area contributed by atoms with Crippen molar-refractivity contribution in [2.24, 2.45) is 0 Å². The van der Waals surface area contributed by atoms with Gasteiger partial charge in [-0.2, -0.15) is 0 Å². The van der Waals surface area contributed by atoms with Gasteiger partial charge >= 0.3 is 11.8 Å². The summed E-state index contributed by atoms with van der Waals surface area (Å²) in [7, 11) is 0. The first-order chi connectivity index (χ1) is 16.5. The van der Waals surface area contributed by atoms with E-state index in [-0.39, 0.29) is 24.1 Å². The molecule has 176 valence electrons. The summed E-state index contributed by atoms with van der Waals surface area (Å²) in [6, 6.07) is 15.5. The van der Waals surface area contributed by atoms with Crippen LogP contribution < -0.4 is 15.5 Å². The largest absolute Gasteiger partial charge is 0.367 e. The molecule has 4 rings (SSSR count). The van der Waals surface area contributed by atoms with Crippen LogP contribution in [0.1, 0.15) is 11.6 Å². The fourth-order valence-corrected chi connectivity index (χ4v) is 4.04. The number of anilines is 2. The molecule has 0 spiro atoms. The van der Waals surface area contributed by atoms with Gasteiger partial charge in [-0.15, -0.1) is 0 Å². The lowest BCUT2D eigenvalue weighted by Crippen LogP contribution is -2.50. The van der Waals surface area contributed by atoms with Gasteiger partial charge in [0.05, 0.1) is 11.7 Å². The number of piperazine rings is 1. The molecule has 1 atom stereocenters. The molecule has 0 aliphatic carbocycles. The van der Waals surface area contributed by atoms with E-state index in [1.165, 1.54) is 24.3 Å². The zero-order valence-electron chi connectivity index (χ0n) is 18.5. The number of nitrogens with zero attached hydrogens (tertiary/aromatic N) is 3. The van der Waals surface area contributed by atoms with Gasteiger partial charge in [-0.3, -0.25) is 19.5 Å². The molecule has 2 amide bonds. The molecule has 2 heterocycles. The van der Waals surface area contributed by atoms with Crippen molar-refractivity contribution in [3.8, 4) is 0 Å². The molecule has 2 N–H and O–H groups in total. The molecule has 7 nitrogen and oxygen atoms in total. The van der Waals surface area contributed by atoms with Gasteiger partial charge < -0.3 is 15.5 Å². The molecule has 3 aromatic rings. The van der Waals surface area contributed by atoms with Crippen molar-refractivity contribution in [3.05, 3.63) is 90.3 Å². The predicted molar refractivity (Wildman–Crippen MR) is 125 cm³/mol. The van der Waals surface area contributed by atoms with Gasteiger partial charge in [0.25, 0.3) is 0 Å². The number of benzene rings is 2. The van der Waals surface area contributed by atoms with E-state index in [0.717, 1.165) is 11.6 Å². The molecule has 2 aromatic carbocycles. The number of hydrogen-bond acceptors (Lipinski definition) is 5. The van der Waals surface area contributed by atoms with Crippen molar-refractivity contribution in [1.82, 2.24) is 15.2 Å². The summed E-state index contributed by atoms with van der Waals surface area (Å²) in [4.78, 5) is 33.1. The van der Waals surface area contributed by atoms with Crippen LogP contribution in [0.5, 0.6) is 0 Å². The second-order valence-electron chi connectivity index (χ2n) is 7.95. The van der Waals surface area contributed by atoms with Crippen molar-refractivity contribution in [3.63, 3.8) is 0 Å². The average molecular weight is 466 g/mol. The molecule has 0 bridgehead atoms. The van der Waals surface area contributed by atoms with Crippen LogP contribution in [0.3, 0.4) is 0 Å². The fraction of sp³-hybridized carbons (Fsp3) is 0.240. The lowest BCUT2D eigenvalue weighted by Gasteiger charge is -2.40. The van der Waals surface area contributed by atoms with Gasteiger partial charge in [-0.05, 0) is 42.0 Å². The predicted octanol–water partition coefficient (Wildman–Crippen LogP) is 2.98. The van der Waals surface area contributed by atoms with Gasteiger partial charge in [0.2, 0.25) is 0 Å². The lowest BCUT2D eigenvalue weighted by molar-refractivity contribution is -0.136. The Kier molecular flexibility index (Phi) is 7.44. The highest BCUT2D eigenvalue weighted by Crippen LogP contribution is 2.25. The minimum absolute atomic E-state index is 0.181. The number of carbonyl (C=O) groups is 2. The number of carbonyl (C=O) groups excluding carboxylic acids is 2. The van der Waals surface area contributed by atoms with Gasteiger partial charge in [0.1, 0.15) is 11.6 Å². The average Bonchev–Trinajstić information content (AvgIpc) is 2.85. The summed E-state index contributed by atoms with van der Waals surface area (Å²) >= 11 is 0. The summed E-state index contributed by atoms with van der Waals surface area (Å²) < 4.78 is 27.5. The molecule has 9 heteroatoms. The monoisotopic (exact) mass is 465 g/mol. The highest BCUT2D eigenvalue weighted by molar-refractivity contribution is 6.39. The number of halogens is 2. The number of hydrogen-bond donors (Lipinski definition) is 2. The smallest absolute Gasteiger partial charge is 0.313 e. The second-order valence-corrected chi connectivity index (χ2v) is 7.95. The SMILES string of the molecule is O=C(NC[C@H](c1cccnc1)N1CCN(c2ccccc2F)CC1)C(=O)Nc1cccc(F)c1. The molecule has 0 saturated carbocycles. The summed E-state index contributed by atoms with van der Waals surface area (Å²) in [6.07, 6.45) is 3.40. The number of para-hydroxylation sites is 1. The Labute approximate surface area is 196 Å². The normalized spacial score (nSPS) is 14.9. The molecule has 1 aromatic heterocycles. The van der Waals surface area contributed by atoms with E-state index in [2.05, 4.69) is 20.5 Å². The fourth-order valence-electron chi connectivity index (χ4n) is 4.04. The Bertz CT molecular complexity index is 1140. The molecular formula is C25H25F2N5O2. The van der Waals surface area contributed by atoms with Crippen LogP contribution >= 0.6 is 0 Å². The lowest BCUT2D eigenvalue weighted by atomic mass is 10.1. The van der Waals surface area contributed by atoms with Crippen molar-refractivity contribution < 1.29 is 18.4 Å². The van der Waals surface area contributed by atoms with E-state index < -0.39 is 17.6 Å². The summed E-state index contributed by atoms with van der Waals surface area (Å²) in [5.41, 5.74) is 1.67. The summed E-state index contributed by atoms with van der Waals surface area (Å²) in [6.45, 7) is 2.69. The Morgan fingerprint density at radius 2 is 1.74 bits per heavy atom. The maximum Gasteiger partial charge on any atom is 0.313 e. The third-order valence-corrected chi connectivity index (χ3v) is 5.76. The van der Waals surface area contributed by atoms with E-state index >= 15 is 0 Å². The van der Waals surface area contributed by atoms with Crippen LogP contribution in [0.4, 0.5) is 20.2 Å². The number of rotatable bonds is 6. The van der Waals surface area contributed by atoms with Crippen LogP contribution in [0.2, 0.25) is 0 Å². The third kappa shape index (κ3) is 5.74. The quantitative estimate of drug-likeness (QED) is 0.548. The van der Waals surface area contributed by atoms with Gasteiger partial charge in [-0.1, -0.05) is 24.3 Å². The molecule has 34 heavy (non-hydrogen) atoms.